The van der Waals surface area contributed by atoms with Crippen molar-refractivity contribution in [2.75, 3.05) is 51.1 Å². The van der Waals surface area contributed by atoms with Crippen LogP contribution in [0.1, 0.15) is 4.88 Å². The molecule has 7 nitrogen and oxygen atoms in total. The second kappa shape index (κ2) is 7.51. The molecular weight excluding hydrogens is 288 g/mol. The molecule has 0 unspecified atom stereocenters. The van der Waals surface area contributed by atoms with E-state index >= 15 is 0 Å². The van der Waals surface area contributed by atoms with Crippen molar-refractivity contribution < 1.29 is 4.74 Å². The molecule has 0 amide bonds. The summed E-state index contributed by atoms with van der Waals surface area (Å²) in [5.41, 5.74) is 2.50. The molecule has 0 bridgehead atoms. The van der Waals surface area contributed by atoms with Gasteiger partial charge in [0.1, 0.15) is 10.6 Å². The number of anilines is 2. The summed E-state index contributed by atoms with van der Waals surface area (Å²) in [5, 5.41) is 4.30. The molecule has 0 fully saturated rings. The van der Waals surface area contributed by atoms with Crippen LogP contribution in [-0.2, 0) is 4.74 Å². The highest BCUT2D eigenvalue weighted by atomic mass is 32.1. The summed E-state index contributed by atoms with van der Waals surface area (Å²) in [7, 11) is 4.05. The van der Waals surface area contributed by atoms with Gasteiger partial charge in [0, 0.05) is 18.0 Å². The van der Waals surface area contributed by atoms with Gasteiger partial charge in [-0.2, -0.15) is 4.98 Å². The molecule has 0 atom stereocenters. The van der Waals surface area contributed by atoms with E-state index in [4.69, 9.17) is 10.6 Å². The molecular formula is C13H22N6OS. The molecule has 2 aromatic rings. The third-order valence-electron chi connectivity index (χ3n) is 2.87. The Balaban J connectivity index is 1.94. The first-order valence-electron chi connectivity index (χ1n) is 6.81. The molecule has 8 heteroatoms. The maximum absolute atomic E-state index is 5.55. The number of nitrogens with two attached hydrogens (primary N) is 1. The van der Waals surface area contributed by atoms with Gasteiger partial charge in [0.25, 0.3) is 0 Å². The fourth-order valence-corrected chi connectivity index (χ4v) is 2.71. The van der Waals surface area contributed by atoms with Gasteiger partial charge in [0.05, 0.1) is 18.6 Å². The zero-order valence-corrected chi connectivity index (χ0v) is 13.5. The van der Waals surface area contributed by atoms with E-state index in [9.17, 15) is 0 Å². The van der Waals surface area contributed by atoms with Crippen LogP contribution in [0.5, 0.6) is 0 Å². The average molecular weight is 310 g/mol. The van der Waals surface area contributed by atoms with Crippen LogP contribution in [0.25, 0.3) is 10.2 Å². The van der Waals surface area contributed by atoms with Gasteiger partial charge in [-0.15, -0.1) is 11.3 Å². The molecule has 2 heterocycles. The zero-order chi connectivity index (χ0) is 15.2. The lowest BCUT2D eigenvalue weighted by Gasteiger charge is -2.11. The van der Waals surface area contributed by atoms with Gasteiger partial charge in [-0.1, -0.05) is 0 Å². The number of nitrogens with zero attached hydrogens (tertiary/aromatic N) is 3. The second-order valence-electron chi connectivity index (χ2n) is 4.96. The number of thiophene rings is 1. The maximum atomic E-state index is 5.55. The standard InChI is InChI=1S/C13H22N6OS/c1-9-8-10-11(15-4-6-20-7-5-19(2)3)16-13(18-14)17-12(10)21-9/h8H,4-7,14H2,1-3H3,(H2,15,16,17,18). The second-order valence-corrected chi connectivity index (χ2v) is 6.19. The lowest BCUT2D eigenvalue weighted by molar-refractivity contribution is 0.126. The number of hydrogen-bond acceptors (Lipinski definition) is 8. The minimum absolute atomic E-state index is 0.417. The first kappa shape index (κ1) is 15.9. The first-order chi connectivity index (χ1) is 10.1. The molecule has 0 radical (unpaired) electrons. The number of fused-ring (bicyclic) bond motifs is 1. The minimum Gasteiger partial charge on any atom is -0.378 e. The SMILES string of the molecule is Cc1cc2c(NCCOCCN(C)C)nc(NN)nc2s1. The van der Waals surface area contributed by atoms with E-state index in [2.05, 4.69) is 38.6 Å². The average Bonchev–Trinajstić information content (AvgIpc) is 2.82. The van der Waals surface area contributed by atoms with Crippen LogP contribution in [-0.4, -0.2) is 55.3 Å². The fourth-order valence-electron chi connectivity index (χ4n) is 1.83. The van der Waals surface area contributed by atoms with Crippen LogP contribution in [0, 0.1) is 6.92 Å². The monoisotopic (exact) mass is 310 g/mol. The predicted molar refractivity (Wildman–Crippen MR) is 87.8 cm³/mol. The highest BCUT2D eigenvalue weighted by Gasteiger charge is 2.09. The Morgan fingerprint density at radius 1 is 1.33 bits per heavy atom. The molecule has 0 aliphatic carbocycles. The molecule has 0 saturated heterocycles. The molecule has 116 valence electrons. The summed E-state index contributed by atoms with van der Waals surface area (Å²) in [4.78, 5) is 12.9. The van der Waals surface area contributed by atoms with Gasteiger partial charge in [-0.3, -0.25) is 5.43 Å². The predicted octanol–water partition coefficient (Wildman–Crippen LogP) is 1.28. The van der Waals surface area contributed by atoms with Crippen molar-refractivity contribution in [3.05, 3.63) is 10.9 Å². The molecule has 0 spiro atoms. The third-order valence-corrected chi connectivity index (χ3v) is 3.81. The molecule has 4 N–H and O–H groups in total. The molecule has 0 aliphatic rings. The van der Waals surface area contributed by atoms with Crippen LogP contribution in [0.4, 0.5) is 11.8 Å². The lowest BCUT2D eigenvalue weighted by atomic mass is 10.3. The zero-order valence-electron chi connectivity index (χ0n) is 12.6. The van der Waals surface area contributed by atoms with Crippen molar-refractivity contribution in [2.45, 2.75) is 6.92 Å². The van der Waals surface area contributed by atoms with E-state index in [1.165, 1.54) is 4.88 Å². The largest absolute Gasteiger partial charge is 0.378 e. The topological polar surface area (TPSA) is 88.3 Å². The van der Waals surface area contributed by atoms with Gasteiger partial charge in [0.15, 0.2) is 0 Å². The Morgan fingerprint density at radius 3 is 2.86 bits per heavy atom. The summed E-state index contributed by atoms with van der Waals surface area (Å²) in [6, 6.07) is 2.08. The minimum atomic E-state index is 0.417. The smallest absolute Gasteiger partial charge is 0.240 e. The number of hydrogen-bond donors (Lipinski definition) is 3. The van der Waals surface area contributed by atoms with Gasteiger partial charge in [-0.05, 0) is 27.1 Å². The Bertz CT molecular complexity index is 585. The first-order valence-corrected chi connectivity index (χ1v) is 7.63. The van der Waals surface area contributed by atoms with Crippen molar-refractivity contribution >= 4 is 33.3 Å². The van der Waals surface area contributed by atoms with Crippen LogP contribution < -0.4 is 16.6 Å². The molecule has 0 aromatic carbocycles. The van der Waals surface area contributed by atoms with E-state index in [1.807, 2.05) is 14.1 Å². The number of likely N-dealkylation sites (N-methyl/N-ethyl adjacent to an activating group) is 1. The van der Waals surface area contributed by atoms with Gasteiger partial charge in [0.2, 0.25) is 5.95 Å². The molecule has 21 heavy (non-hydrogen) atoms. The Kier molecular flexibility index (Phi) is 5.68. The third kappa shape index (κ3) is 4.50. The summed E-state index contributed by atoms with van der Waals surface area (Å²) < 4.78 is 5.55. The van der Waals surface area contributed by atoms with Crippen molar-refractivity contribution in [2.24, 2.45) is 5.84 Å². The lowest BCUT2D eigenvalue weighted by Crippen LogP contribution is -2.20. The van der Waals surface area contributed by atoms with Crippen LogP contribution in [0.2, 0.25) is 0 Å². The van der Waals surface area contributed by atoms with E-state index < -0.39 is 0 Å². The summed E-state index contributed by atoms with van der Waals surface area (Å²) >= 11 is 1.62. The van der Waals surface area contributed by atoms with Gasteiger partial charge < -0.3 is 15.0 Å². The number of ether oxygens (including phenoxy) is 1. The van der Waals surface area contributed by atoms with Crippen LogP contribution >= 0.6 is 11.3 Å². The maximum Gasteiger partial charge on any atom is 0.240 e. The molecule has 0 aliphatic heterocycles. The highest BCUT2D eigenvalue weighted by Crippen LogP contribution is 2.29. The number of hydrazine groups is 1. The molecule has 2 rings (SSSR count). The van der Waals surface area contributed by atoms with Crippen LogP contribution in [0.15, 0.2) is 6.07 Å². The number of nitrogens with one attached hydrogen (secondary N) is 2. The van der Waals surface area contributed by atoms with Crippen LogP contribution in [0.3, 0.4) is 0 Å². The van der Waals surface area contributed by atoms with Crippen molar-refractivity contribution in [1.29, 1.82) is 0 Å². The number of nitrogen functional groups attached to an aromatic ring is 1. The Morgan fingerprint density at radius 2 is 2.14 bits per heavy atom. The molecule has 0 saturated carbocycles. The fraction of sp³-hybridized carbons (Fsp3) is 0.538. The number of aromatic nitrogens is 2. The van der Waals surface area contributed by atoms with E-state index in [0.29, 0.717) is 19.1 Å². The van der Waals surface area contributed by atoms with Gasteiger partial charge in [-0.25, -0.2) is 10.8 Å². The summed E-state index contributed by atoms with van der Waals surface area (Å²) in [6.07, 6.45) is 0. The highest BCUT2D eigenvalue weighted by molar-refractivity contribution is 7.18. The van der Waals surface area contributed by atoms with Crippen molar-refractivity contribution in [1.82, 2.24) is 14.9 Å². The van der Waals surface area contributed by atoms with Crippen molar-refractivity contribution in [3.63, 3.8) is 0 Å². The summed E-state index contributed by atoms with van der Waals surface area (Å²) in [6.45, 7) is 5.02. The Labute approximate surface area is 128 Å². The van der Waals surface area contributed by atoms with Gasteiger partial charge >= 0.3 is 0 Å². The van der Waals surface area contributed by atoms with Crippen molar-refractivity contribution in [3.8, 4) is 0 Å². The quantitative estimate of drug-likeness (QED) is 0.384. The number of aryl methyl sites for hydroxylation is 1. The van der Waals surface area contributed by atoms with E-state index in [1.54, 1.807) is 11.3 Å². The van der Waals surface area contributed by atoms with E-state index in [0.717, 1.165) is 29.2 Å². The normalized spacial score (nSPS) is 11.3. The molecule has 2 aromatic heterocycles. The van der Waals surface area contributed by atoms with E-state index in [-0.39, 0.29) is 0 Å². The number of rotatable bonds is 8. The summed E-state index contributed by atoms with van der Waals surface area (Å²) in [5.74, 6) is 6.61. The Hall–Kier alpha value is -1.48.